The molecule has 0 bridgehead atoms. The summed E-state index contributed by atoms with van der Waals surface area (Å²) in [5.74, 6) is 0. The Morgan fingerprint density at radius 1 is 1.00 bits per heavy atom. The van der Waals surface area contributed by atoms with Gasteiger partial charge in [0.1, 0.15) is 5.66 Å². The summed E-state index contributed by atoms with van der Waals surface area (Å²) in [7, 11) is 0. The van der Waals surface area contributed by atoms with Gasteiger partial charge in [0, 0.05) is 6.04 Å². The van der Waals surface area contributed by atoms with Gasteiger partial charge in [-0.05, 0) is 47.9 Å². The Balaban J connectivity index is 1.69. The molecule has 112 valence electrons. The second kappa shape index (κ2) is 5.25. The van der Waals surface area contributed by atoms with Gasteiger partial charge >= 0.3 is 0 Å². The minimum absolute atomic E-state index is 0.301. The van der Waals surface area contributed by atoms with E-state index in [0.717, 1.165) is 32.1 Å². The summed E-state index contributed by atoms with van der Waals surface area (Å²) in [5.41, 5.74) is 4.91. The average molecular weight is 292 g/mol. The van der Waals surface area contributed by atoms with Gasteiger partial charge < -0.3 is 5.32 Å². The zero-order chi connectivity index (χ0) is 15.0. The van der Waals surface area contributed by atoms with Crippen molar-refractivity contribution in [3.63, 3.8) is 0 Å². The van der Waals surface area contributed by atoms with Crippen molar-refractivity contribution in [2.24, 2.45) is 0 Å². The lowest BCUT2D eigenvalue weighted by Gasteiger charge is -2.34. The van der Waals surface area contributed by atoms with Crippen LogP contribution >= 0.6 is 0 Å². The van der Waals surface area contributed by atoms with Crippen LogP contribution in [0.5, 0.6) is 0 Å². The number of carbonyl (C=O) groups is 1. The van der Waals surface area contributed by atoms with E-state index in [4.69, 9.17) is 0 Å². The minimum atomic E-state index is -0.430. The number of nitrogens with one attached hydrogen (secondary N) is 2. The molecule has 0 radical (unpaired) electrons. The number of hydrogen-bond donors (Lipinski definition) is 2. The van der Waals surface area contributed by atoms with Crippen LogP contribution in [0.4, 0.5) is 0 Å². The molecule has 2 aromatic carbocycles. The summed E-state index contributed by atoms with van der Waals surface area (Å²) in [5, 5.41) is 6.84. The lowest BCUT2D eigenvalue weighted by Crippen LogP contribution is -2.53. The SMILES string of the molecule is O=CN[C@]1(NC2CCc3ccccc32)CCc2ccccc21. The summed E-state index contributed by atoms with van der Waals surface area (Å²) in [4.78, 5) is 11.2. The zero-order valence-electron chi connectivity index (χ0n) is 12.5. The van der Waals surface area contributed by atoms with E-state index >= 15 is 0 Å². The number of fused-ring (bicyclic) bond motifs is 2. The molecule has 3 nitrogen and oxygen atoms in total. The van der Waals surface area contributed by atoms with Crippen molar-refractivity contribution in [1.29, 1.82) is 0 Å². The largest absolute Gasteiger partial charge is 0.337 e. The van der Waals surface area contributed by atoms with Crippen molar-refractivity contribution < 1.29 is 4.79 Å². The van der Waals surface area contributed by atoms with Crippen LogP contribution in [-0.4, -0.2) is 6.41 Å². The van der Waals surface area contributed by atoms with Crippen molar-refractivity contribution in [3.05, 3.63) is 70.8 Å². The van der Waals surface area contributed by atoms with Crippen LogP contribution in [0.15, 0.2) is 48.5 Å². The van der Waals surface area contributed by atoms with Gasteiger partial charge in [0.25, 0.3) is 0 Å². The number of amides is 1. The molecule has 2 aromatic rings. The van der Waals surface area contributed by atoms with Crippen LogP contribution in [0.3, 0.4) is 0 Å². The van der Waals surface area contributed by atoms with E-state index in [9.17, 15) is 4.79 Å². The first kappa shape index (κ1) is 13.5. The van der Waals surface area contributed by atoms with Gasteiger partial charge in [0.05, 0.1) is 0 Å². The molecule has 4 rings (SSSR count). The molecule has 2 aliphatic rings. The van der Waals surface area contributed by atoms with Gasteiger partial charge in [-0.25, -0.2) is 0 Å². The van der Waals surface area contributed by atoms with Crippen molar-refractivity contribution in [2.45, 2.75) is 37.4 Å². The van der Waals surface area contributed by atoms with E-state index in [2.05, 4.69) is 59.2 Å². The molecule has 22 heavy (non-hydrogen) atoms. The molecular formula is C19H20N2O. The molecule has 1 unspecified atom stereocenters. The van der Waals surface area contributed by atoms with Crippen LogP contribution in [0.1, 0.15) is 41.1 Å². The molecule has 1 amide bonds. The Labute approximate surface area is 130 Å². The molecule has 2 atom stereocenters. The highest BCUT2D eigenvalue weighted by Crippen LogP contribution is 2.39. The highest BCUT2D eigenvalue weighted by molar-refractivity contribution is 5.52. The van der Waals surface area contributed by atoms with E-state index < -0.39 is 5.66 Å². The van der Waals surface area contributed by atoms with Crippen molar-refractivity contribution >= 4 is 6.41 Å². The molecule has 0 saturated carbocycles. The highest BCUT2D eigenvalue weighted by atomic mass is 16.1. The molecule has 0 fully saturated rings. The van der Waals surface area contributed by atoms with E-state index in [0.29, 0.717) is 6.04 Å². The van der Waals surface area contributed by atoms with E-state index in [1.807, 2.05) is 0 Å². The van der Waals surface area contributed by atoms with Crippen molar-refractivity contribution in [1.82, 2.24) is 10.6 Å². The van der Waals surface area contributed by atoms with Gasteiger partial charge in [-0.2, -0.15) is 0 Å². The first-order chi connectivity index (χ1) is 10.8. The molecule has 2 N–H and O–H groups in total. The number of rotatable bonds is 4. The van der Waals surface area contributed by atoms with Crippen molar-refractivity contribution in [2.75, 3.05) is 0 Å². The molecule has 0 spiro atoms. The number of benzene rings is 2. The minimum Gasteiger partial charge on any atom is -0.337 e. The van der Waals surface area contributed by atoms with Crippen molar-refractivity contribution in [3.8, 4) is 0 Å². The second-order valence-electron chi connectivity index (χ2n) is 6.26. The Morgan fingerprint density at radius 2 is 1.77 bits per heavy atom. The molecule has 2 aliphatic carbocycles. The zero-order valence-corrected chi connectivity index (χ0v) is 12.5. The predicted molar refractivity (Wildman–Crippen MR) is 86.3 cm³/mol. The summed E-state index contributed by atoms with van der Waals surface area (Å²) < 4.78 is 0. The van der Waals surface area contributed by atoms with Gasteiger partial charge in [-0.3, -0.25) is 10.1 Å². The molecular weight excluding hydrogens is 272 g/mol. The normalized spacial score (nSPS) is 25.5. The van der Waals surface area contributed by atoms with Crippen LogP contribution in [0.2, 0.25) is 0 Å². The third-order valence-electron chi connectivity index (χ3n) is 5.11. The number of aryl methyl sites for hydroxylation is 2. The maximum atomic E-state index is 11.2. The lowest BCUT2D eigenvalue weighted by molar-refractivity contribution is -0.111. The van der Waals surface area contributed by atoms with Gasteiger partial charge in [0.15, 0.2) is 0 Å². The topological polar surface area (TPSA) is 41.1 Å². The molecule has 0 aromatic heterocycles. The third kappa shape index (κ3) is 2.04. The van der Waals surface area contributed by atoms with Crippen LogP contribution in [0.25, 0.3) is 0 Å². The monoisotopic (exact) mass is 292 g/mol. The second-order valence-corrected chi connectivity index (χ2v) is 6.26. The highest BCUT2D eigenvalue weighted by Gasteiger charge is 2.41. The Hall–Kier alpha value is -2.13. The summed E-state index contributed by atoms with van der Waals surface area (Å²) >= 11 is 0. The summed E-state index contributed by atoms with van der Waals surface area (Å²) in [6, 6.07) is 17.3. The predicted octanol–water partition coefficient (Wildman–Crippen LogP) is 2.81. The Kier molecular flexibility index (Phi) is 3.23. The Morgan fingerprint density at radius 3 is 2.64 bits per heavy atom. The quantitative estimate of drug-likeness (QED) is 0.672. The fourth-order valence-corrected chi connectivity index (χ4v) is 4.06. The maximum absolute atomic E-state index is 11.2. The van der Waals surface area contributed by atoms with Crippen LogP contribution in [-0.2, 0) is 23.3 Å². The number of hydrogen-bond acceptors (Lipinski definition) is 2. The fourth-order valence-electron chi connectivity index (χ4n) is 4.06. The van der Waals surface area contributed by atoms with Crippen LogP contribution in [0, 0.1) is 0 Å². The molecule has 0 aliphatic heterocycles. The van der Waals surface area contributed by atoms with Crippen LogP contribution < -0.4 is 10.6 Å². The smallest absolute Gasteiger partial charge is 0.208 e. The first-order valence-electron chi connectivity index (χ1n) is 7.98. The molecule has 0 saturated heterocycles. The first-order valence-corrected chi connectivity index (χ1v) is 7.98. The van der Waals surface area contributed by atoms with E-state index in [1.54, 1.807) is 0 Å². The molecule has 3 heteroatoms. The van der Waals surface area contributed by atoms with Gasteiger partial charge in [0.2, 0.25) is 6.41 Å². The average Bonchev–Trinajstić information content (AvgIpc) is 3.12. The van der Waals surface area contributed by atoms with E-state index in [1.165, 1.54) is 22.3 Å². The molecule has 0 heterocycles. The Bertz CT molecular complexity index is 712. The summed E-state index contributed by atoms with van der Waals surface area (Å²) in [6.45, 7) is 0. The van der Waals surface area contributed by atoms with Gasteiger partial charge in [-0.1, -0.05) is 48.5 Å². The lowest BCUT2D eigenvalue weighted by atomic mass is 9.98. The standard InChI is InChI=1S/C19H20N2O/c22-13-20-19(12-11-15-6-2-4-8-17(15)19)21-18-10-9-14-5-1-3-7-16(14)18/h1-8,13,18,21H,9-12H2,(H,20,22)/t18?,19-/m0/s1. The maximum Gasteiger partial charge on any atom is 0.208 e. The summed E-state index contributed by atoms with van der Waals surface area (Å²) in [6.07, 6.45) is 4.93. The number of carbonyl (C=O) groups excluding carboxylic acids is 1. The third-order valence-corrected chi connectivity index (χ3v) is 5.11. The van der Waals surface area contributed by atoms with E-state index in [-0.39, 0.29) is 0 Å². The fraction of sp³-hybridized carbons (Fsp3) is 0.316. The van der Waals surface area contributed by atoms with Gasteiger partial charge in [-0.15, -0.1) is 0 Å².